The number of hydrogen-bond donors (Lipinski definition) is 0. The van der Waals surface area contributed by atoms with Crippen molar-refractivity contribution in [2.45, 2.75) is 51.9 Å². The molecule has 184 valence electrons. The van der Waals surface area contributed by atoms with Gasteiger partial charge in [0.25, 0.3) is 0 Å². The van der Waals surface area contributed by atoms with Crippen LogP contribution in [0.5, 0.6) is 0 Å². The van der Waals surface area contributed by atoms with Crippen LogP contribution in [-0.4, -0.2) is 85.3 Å². The summed E-state index contributed by atoms with van der Waals surface area (Å²) in [6.45, 7) is 11.4. The monoisotopic (exact) mass is 448 g/mol. The fourth-order valence-corrected chi connectivity index (χ4v) is 2.51. The molecule has 0 aromatic carbocycles. The molecule has 8 heteroatoms. The fourth-order valence-electron chi connectivity index (χ4n) is 2.51. The van der Waals surface area contributed by atoms with Crippen LogP contribution in [0.2, 0.25) is 0 Å². The number of rotatable bonds is 26. The van der Waals surface area contributed by atoms with Crippen molar-refractivity contribution in [2.24, 2.45) is 0 Å². The molecule has 0 saturated heterocycles. The molecule has 0 rings (SSSR count). The van der Waals surface area contributed by atoms with E-state index in [2.05, 4.69) is 13.5 Å². The van der Waals surface area contributed by atoms with Crippen LogP contribution < -0.4 is 0 Å². The number of ether oxygens (including phenoxy) is 7. The Morgan fingerprint density at radius 1 is 0.613 bits per heavy atom. The second-order valence-electron chi connectivity index (χ2n) is 6.84. The second kappa shape index (κ2) is 26.8. The lowest BCUT2D eigenvalue weighted by Crippen LogP contribution is -2.15. The van der Waals surface area contributed by atoms with Gasteiger partial charge in [0.2, 0.25) is 0 Å². The summed E-state index contributed by atoms with van der Waals surface area (Å²) >= 11 is 0. The maximum atomic E-state index is 11.6. The summed E-state index contributed by atoms with van der Waals surface area (Å²) in [7, 11) is 0. The Hall–Kier alpha value is -1.19. The van der Waals surface area contributed by atoms with Crippen LogP contribution >= 0.6 is 0 Å². The Labute approximate surface area is 188 Å². The van der Waals surface area contributed by atoms with Gasteiger partial charge in [-0.05, 0) is 6.42 Å². The molecule has 0 saturated carbocycles. The van der Waals surface area contributed by atoms with Gasteiger partial charge in [-0.25, -0.2) is 0 Å². The van der Waals surface area contributed by atoms with Crippen LogP contribution in [0, 0.1) is 0 Å². The molecule has 0 atom stereocenters. The minimum absolute atomic E-state index is 0.137. The Morgan fingerprint density at radius 2 is 1.03 bits per heavy atom. The first-order valence-electron chi connectivity index (χ1n) is 11.6. The number of hydrogen-bond acceptors (Lipinski definition) is 8. The van der Waals surface area contributed by atoms with Crippen LogP contribution in [0.15, 0.2) is 12.8 Å². The number of carbonyl (C=O) groups is 1. The molecule has 0 radical (unpaired) electrons. The molecule has 0 aliphatic heterocycles. The smallest absolute Gasteiger partial charge is 0.305 e. The maximum absolute atomic E-state index is 11.6. The molecule has 0 heterocycles. The van der Waals surface area contributed by atoms with Crippen molar-refractivity contribution in [3.8, 4) is 0 Å². The molecule has 0 bridgehead atoms. The number of unbranched alkanes of at least 4 members (excludes halogenated alkanes) is 5. The van der Waals surface area contributed by atoms with Crippen molar-refractivity contribution < 1.29 is 38.0 Å². The fraction of sp³-hybridized carbons (Fsp3) is 0.870. The molecule has 0 aliphatic rings. The van der Waals surface area contributed by atoms with Gasteiger partial charge >= 0.3 is 5.97 Å². The SMILES string of the molecule is C=COCCOCCOCCOCCOCCOCCOC(=O)CCCCCCCC. The number of esters is 1. The average Bonchev–Trinajstić information content (AvgIpc) is 2.77. The van der Waals surface area contributed by atoms with Gasteiger partial charge in [0, 0.05) is 6.42 Å². The first kappa shape index (κ1) is 29.8. The van der Waals surface area contributed by atoms with E-state index in [1.165, 1.54) is 31.9 Å². The molecule has 0 N–H and O–H groups in total. The van der Waals surface area contributed by atoms with Crippen molar-refractivity contribution in [2.75, 3.05) is 79.3 Å². The topological polar surface area (TPSA) is 81.7 Å². The molecule has 0 aliphatic carbocycles. The average molecular weight is 449 g/mol. The summed E-state index contributed by atoms with van der Waals surface area (Å²) < 4.78 is 36.9. The highest BCUT2D eigenvalue weighted by Crippen LogP contribution is 2.07. The predicted molar refractivity (Wildman–Crippen MR) is 119 cm³/mol. The van der Waals surface area contributed by atoms with Gasteiger partial charge < -0.3 is 33.2 Å². The summed E-state index contributed by atoms with van der Waals surface area (Å²) in [5.41, 5.74) is 0. The molecule has 0 aromatic rings. The third kappa shape index (κ3) is 26.8. The molecule has 0 fully saturated rings. The summed E-state index contributed by atoms with van der Waals surface area (Å²) in [5.74, 6) is -0.137. The lowest BCUT2D eigenvalue weighted by Gasteiger charge is -2.08. The maximum Gasteiger partial charge on any atom is 0.305 e. The van der Waals surface area contributed by atoms with Crippen molar-refractivity contribution in [1.82, 2.24) is 0 Å². The largest absolute Gasteiger partial charge is 0.499 e. The third-order valence-corrected chi connectivity index (χ3v) is 4.18. The van der Waals surface area contributed by atoms with Gasteiger partial charge in [-0.15, -0.1) is 0 Å². The molecular weight excluding hydrogens is 404 g/mol. The van der Waals surface area contributed by atoms with Crippen LogP contribution in [-0.2, 0) is 38.0 Å². The quantitative estimate of drug-likeness (QED) is 0.113. The van der Waals surface area contributed by atoms with Crippen LogP contribution in [0.25, 0.3) is 0 Å². The Bertz CT molecular complexity index is 379. The first-order chi connectivity index (χ1) is 15.3. The van der Waals surface area contributed by atoms with E-state index < -0.39 is 0 Å². The van der Waals surface area contributed by atoms with E-state index in [1.807, 2.05) is 0 Å². The lowest BCUT2D eigenvalue weighted by atomic mass is 10.1. The summed E-state index contributed by atoms with van der Waals surface area (Å²) in [6.07, 6.45) is 8.87. The normalized spacial score (nSPS) is 10.9. The van der Waals surface area contributed by atoms with Gasteiger partial charge in [-0.1, -0.05) is 45.6 Å². The first-order valence-corrected chi connectivity index (χ1v) is 11.6. The predicted octanol–water partition coefficient (Wildman–Crippen LogP) is 3.52. The van der Waals surface area contributed by atoms with E-state index in [0.29, 0.717) is 85.7 Å². The van der Waals surface area contributed by atoms with Gasteiger partial charge in [-0.2, -0.15) is 0 Å². The third-order valence-electron chi connectivity index (χ3n) is 4.18. The van der Waals surface area contributed by atoms with E-state index in [1.54, 1.807) is 0 Å². The molecule has 8 nitrogen and oxygen atoms in total. The Morgan fingerprint density at radius 3 is 1.52 bits per heavy atom. The minimum Gasteiger partial charge on any atom is -0.499 e. The van der Waals surface area contributed by atoms with E-state index in [9.17, 15) is 4.79 Å². The zero-order valence-electron chi connectivity index (χ0n) is 19.5. The molecule has 31 heavy (non-hydrogen) atoms. The van der Waals surface area contributed by atoms with E-state index >= 15 is 0 Å². The molecule has 0 amide bonds. The van der Waals surface area contributed by atoms with E-state index in [4.69, 9.17) is 33.2 Å². The van der Waals surface area contributed by atoms with Crippen LogP contribution in [0.1, 0.15) is 51.9 Å². The molecule has 0 aromatic heterocycles. The van der Waals surface area contributed by atoms with Crippen molar-refractivity contribution in [3.63, 3.8) is 0 Å². The number of carbonyl (C=O) groups excluding carboxylic acids is 1. The zero-order valence-corrected chi connectivity index (χ0v) is 19.5. The van der Waals surface area contributed by atoms with Crippen molar-refractivity contribution in [3.05, 3.63) is 12.8 Å². The van der Waals surface area contributed by atoms with Gasteiger partial charge in [0.1, 0.15) is 13.2 Å². The van der Waals surface area contributed by atoms with Gasteiger partial charge in [0.05, 0.1) is 72.3 Å². The van der Waals surface area contributed by atoms with Crippen molar-refractivity contribution >= 4 is 5.97 Å². The highest BCUT2D eigenvalue weighted by Gasteiger charge is 2.02. The summed E-state index contributed by atoms with van der Waals surface area (Å²) in [4.78, 5) is 11.6. The highest BCUT2D eigenvalue weighted by molar-refractivity contribution is 5.69. The zero-order chi connectivity index (χ0) is 22.7. The standard InChI is InChI=1S/C23H44O8/c1-3-5-6-7-8-9-10-23(24)31-22-21-30-20-19-29-18-17-28-16-15-27-14-13-26-12-11-25-4-2/h4H,2-3,5-22H2,1H3. The second-order valence-corrected chi connectivity index (χ2v) is 6.84. The molecular formula is C23H44O8. The molecule has 0 spiro atoms. The van der Waals surface area contributed by atoms with E-state index in [0.717, 1.165) is 12.8 Å². The summed E-state index contributed by atoms with van der Waals surface area (Å²) in [6, 6.07) is 0. The van der Waals surface area contributed by atoms with Gasteiger partial charge in [-0.3, -0.25) is 4.79 Å². The van der Waals surface area contributed by atoms with E-state index in [-0.39, 0.29) is 5.97 Å². The van der Waals surface area contributed by atoms with Gasteiger partial charge in [0.15, 0.2) is 0 Å². The molecule has 0 unspecified atom stereocenters. The van der Waals surface area contributed by atoms with Crippen LogP contribution in [0.3, 0.4) is 0 Å². The Kier molecular flexibility index (Phi) is 25.8. The minimum atomic E-state index is -0.137. The van der Waals surface area contributed by atoms with Crippen molar-refractivity contribution in [1.29, 1.82) is 0 Å². The highest BCUT2D eigenvalue weighted by atomic mass is 16.6. The Balaban J connectivity index is 3.10. The van der Waals surface area contributed by atoms with Crippen LogP contribution in [0.4, 0.5) is 0 Å². The summed E-state index contributed by atoms with van der Waals surface area (Å²) in [5, 5.41) is 0. The lowest BCUT2D eigenvalue weighted by molar-refractivity contribution is -0.145.